The minimum absolute atomic E-state index is 0.0235. The molecule has 10 aromatic carbocycles. The Bertz CT molecular complexity index is 4810. The first-order valence-corrected chi connectivity index (χ1v) is 43.2. The fourth-order valence-electron chi connectivity index (χ4n) is 17.8. The molecule has 0 aromatic heterocycles. The highest BCUT2D eigenvalue weighted by molar-refractivity contribution is 7.48. The van der Waals surface area contributed by atoms with Gasteiger partial charge in [0.1, 0.15) is 85.4 Å². The van der Waals surface area contributed by atoms with E-state index in [1.165, 1.54) is 0 Å². The smallest absolute Gasteiger partial charge is 0.374 e. The Morgan fingerprint density at radius 2 is 0.675 bits per heavy atom. The first-order valence-electron chi connectivity index (χ1n) is 41.7. The van der Waals surface area contributed by atoms with Gasteiger partial charge >= 0.3 is 7.82 Å². The van der Waals surface area contributed by atoms with E-state index in [2.05, 4.69) is 25.7 Å². The molecular weight excluding hydrogens is 1540 g/mol. The minimum atomic E-state index is -4.56. The molecule has 19 atom stereocenters. The summed E-state index contributed by atoms with van der Waals surface area (Å²) < 4.78 is 140. The van der Waals surface area contributed by atoms with Crippen LogP contribution in [0.2, 0.25) is 0 Å². The number of benzene rings is 10. The van der Waals surface area contributed by atoms with Crippen LogP contribution >= 0.6 is 7.82 Å². The van der Waals surface area contributed by atoms with Crippen molar-refractivity contribution in [3.05, 3.63) is 369 Å². The van der Waals surface area contributed by atoms with Gasteiger partial charge in [0.15, 0.2) is 18.4 Å². The highest BCUT2D eigenvalue weighted by Gasteiger charge is 2.76. The molecule has 16 rings (SSSR count). The zero-order valence-electron chi connectivity index (χ0n) is 67.9. The second-order valence-corrected chi connectivity index (χ2v) is 34.2. The summed E-state index contributed by atoms with van der Waals surface area (Å²) in [7, 11) is -4.56. The minimum Gasteiger partial charge on any atom is -0.374 e. The van der Waals surface area contributed by atoms with Crippen LogP contribution in [0, 0.1) is 16.7 Å². The van der Waals surface area contributed by atoms with Crippen molar-refractivity contribution < 1.29 is 84.5 Å². The quantitative estimate of drug-likeness (QED) is 0.0151. The van der Waals surface area contributed by atoms with E-state index < -0.39 is 124 Å². The molecule has 3 saturated heterocycles. The summed E-state index contributed by atoms with van der Waals surface area (Å²) in [5, 5.41) is 4.75. The maximum atomic E-state index is 15.7. The summed E-state index contributed by atoms with van der Waals surface area (Å²) >= 11 is 0. The zero-order valence-corrected chi connectivity index (χ0v) is 68.8. The predicted octanol–water partition coefficient (Wildman–Crippen LogP) is 19.1. The van der Waals surface area contributed by atoms with Gasteiger partial charge in [0, 0.05) is 16.7 Å². The molecule has 1 unspecified atom stereocenters. The molecule has 22 heteroatoms. The van der Waals surface area contributed by atoms with Gasteiger partial charge in [-0.1, -0.05) is 329 Å². The lowest BCUT2D eigenvalue weighted by atomic mass is 9.68. The lowest BCUT2D eigenvalue weighted by Gasteiger charge is -2.51. The molecule has 626 valence electrons. The monoisotopic (exact) mass is 1640 g/mol. The van der Waals surface area contributed by atoms with Crippen LogP contribution in [0.1, 0.15) is 95.7 Å². The summed E-state index contributed by atoms with van der Waals surface area (Å²) in [6.07, 6.45) is -14.5. The normalized spacial score (nSPS) is 28.6. The predicted molar refractivity (Wildman–Crippen MR) is 449 cm³/mol. The average molecular weight is 1640 g/mol. The summed E-state index contributed by atoms with van der Waals surface area (Å²) in [5.74, 6) is -0.850. The molecule has 3 saturated carbocycles. The van der Waals surface area contributed by atoms with E-state index in [0.29, 0.717) is 6.42 Å². The molecule has 0 N–H and O–H groups in total. The summed E-state index contributed by atoms with van der Waals surface area (Å²) in [6, 6.07) is 96.2. The summed E-state index contributed by atoms with van der Waals surface area (Å²) in [6.45, 7) is 6.87. The fourth-order valence-corrected chi connectivity index (χ4v) is 18.9. The zero-order chi connectivity index (χ0) is 82.0. The fraction of sp³-hybridized carbons (Fsp3) is 0.388. The third kappa shape index (κ3) is 20.4. The Hall–Kier alpha value is -8.94. The van der Waals surface area contributed by atoms with Gasteiger partial charge < -0.3 is 66.3 Å². The van der Waals surface area contributed by atoms with Crippen molar-refractivity contribution >= 4 is 7.82 Å². The summed E-state index contributed by atoms with van der Waals surface area (Å²) in [5.41, 5.74) is 19.2. The maximum absolute atomic E-state index is 15.7. The second kappa shape index (κ2) is 40.4. The van der Waals surface area contributed by atoms with E-state index in [-0.39, 0.29) is 84.0 Å². The van der Waals surface area contributed by atoms with Crippen LogP contribution in [-0.2, 0) is 151 Å². The molecule has 21 nitrogen and oxygen atoms in total. The van der Waals surface area contributed by atoms with Gasteiger partial charge in [-0.3, -0.25) is 13.6 Å². The van der Waals surface area contributed by atoms with Gasteiger partial charge in [-0.25, -0.2) is 4.57 Å². The number of rotatable bonds is 39. The average Bonchev–Trinajstić information content (AvgIpc) is 1.51. The highest BCUT2D eigenvalue weighted by Crippen LogP contribution is 2.73. The number of azide groups is 1. The van der Waals surface area contributed by atoms with Crippen LogP contribution in [0.3, 0.4) is 0 Å². The molecule has 3 heterocycles. The van der Waals surface area contributed by atoms with Crippen LogP contribution < -0.4 is 0 Å². The van der Waals surface area contributed by atoms with E-state index in [1.54, 1.807) is 0 Å². The first kappa shape index (κ1) is 84.7. The Kier molecular flexibility index (Phi) is 28.5. The van der Waals surface area contributed by atoms with Crippen LogP contribution in [0.5, 0.6) is 0 Å². The number of hydrogen-bond acceptors (Lipinski definition) is 19. The van der Waals surface area contributed by atoms with Crippen molar-refractivity contribution in [2.24, 2.45) is 21.9 Å². The van der Waals surface area contributed by atoms with Crippen LogP contribution in [-0.4, -0.2) is 117 Å². The molecular formula is C98H106N3O18P. The standard InChI is InChI=1S/C98H106N3O18P/c1-96(2)79-54-55-97(96,3)98(56-79)118-91-89(109-63-75-46-26-10-27-47-75)87(107-61-73-42-22-8-23-43-73)88(108-62-74-44-24-9-25-45-74)90(92(91)119-98)117-94-82(100-101-99)85(105-59-71-38-18-6-19-39-71)84(80(114-94)67-103-57-69-34-14-4-15-35-69)116-95-93(110-64-76-48-28-11-29-49-76)86(106-60-72-40-20-7-21-41-72)83(104-58-70-36-16-5-17-37-70)81(115-95)68-113-120(102,111-65-77-50-30-12-31-51-77)112-66-78-52-32-13-33-53-78/h4-53,79-95H,54-68H2,1-3H3/t79-,80+,81+,82+,83+,84+,85+,86-,87-,88-,89+,90+,91+,92-,93-,94+,95+,97-,98?/m0/s1. The molecule has 6 aliphatic rings. The molecule has 0 radical (unpaired) electrons. The number of phosphoric ester groups is 1. The molecule has 0 amide bonds. The highest BCUT2D eigenvalue weighted by atomic mass is 31.2. The Labute approximate surface area is 702 Å². The Morgan fingerprint density at radius 1 is 0.358 bits per heavy atom. The van der Waals surface area contributed by atoms with Gasteiger partial charge in [0.25, 0.3) is 0 Å². The molecule has 10 aromatic rings. The van der Waals surface area contributed by atoms with Crippen molar-refractivity contribution in [3.63, 3.8) is 0 Å². The molecule has 120 heavy (non-hydrogen) atoms. The van der Waals surface area contributed by atoms with E-state index in [1.807, 2.05) is 303 Å². The van der Waals surface area contributed by atoms with Crippen molar-refractivity contribution in [2.75, 3.05) is 13.2 Å². The topological polar surface area (TPSA) is 223 Å². The molecule has 3 aliphatic carbocycles. The van der Waals surface area contributed by atoms with Gasteiger partial charge in [0.05, 0.1) is 79.3 Å². The largest absolute Gasteiger partial charge is 0.475 e. The molecule has 1 spiro atoms. The molecule has 3 aliphatic heterocycles. The second-order valence-electron chi connectivity index (χ2n) is 32.5. The van der Waals surface area contributed by atoms with Gasteiger partial charge in [-0.15, -0.1) is 0 Å². The number of ether oxygens (including phenoxy) is 14. The van der Waals surface area contributed by atoms with Crippen molar-refractivity contribution in [1.29, 1.82) is 0 Å². The van der Waals surface area contributed by atoms with E-state index in [9.17, 15) is 5.53 Å². The van der Waals surface area contributed by atoms with Gasteiger partial charge in [-0.2, -0.15) is 0 Å². The third-order valence-electron chi connectivity index (χ3n) is 24.6. The van der Waals surface area contributed by atoms with Crippen molar-refractivity contribution in [1.82, 2.24) is 0 Å². The van der Waals surface area contributed by atoms with Crippen LogP contribution in [0.4, 0.5) is 0 Å². The van der Waals surface area contributed by atoms with Gasteiger partial charge in [-0.05, 0) is 85.3 Å². The lowest BCUT2D eigenvalue weighted by Crippen LogP contribution is -2.68. The number of nitrogens with zero attached hydrogens (tertiary/aromatic N) is 3. The van der Waals surface area contributed by atoms with Crippen molar-refractivity contribution in [3.8, 4) is 0 Å². The SMILES string of the molecule is CC1(C)[C@H]2CC[C@]1(C)C1(C2)O[C@@H]2[C@H](OCc3ccccc3)[C@@H](OCc3ccccc3)[C@H](OCc3ccccc3)[C@@H](O[C@H]3O[C@H](COCc4ccccc4)[C@@H](O[C@H]4O[C@H](COP(=O)(OCc5ccccc5)OCc5ccccc5)[C@@H](OCc5ccccc5)[C@H](OCc5ccccc5)[C@@H]4OCc4ccccc4)[C@H](OCc4ccccc4)[C@H]3N=[N+]=[N-])[C@@H]2O1. The number of fused-ring (bicyclic) bond motifs is 4. The molecule has 6 fully saturated rings. The number of phosphoric acid groups is 1. The van der Waals surface area contributed by atoms with E-state index in [4.69, 9.17) is 85.0 Å². The van der Waals surface area contributed by atoms with Gasteiger partial charge in [0.2, 0.25) is 0 Å². The number of hydrogen-bond donors (Lipinski definition) is 0. The van der Waals surface area contributed by atoms with Crippen LogP contribution in [0.15, 0.2) is 308 Å². The Balaban J connectivity index is 0.825. The van der Waals surface area contributed by atoms with E-state index in [0.717, 1.165) is 68.5 Å². The van der Waals surface area contributed by atoms with Crippen LogP contribution in [0.25, 0.3) is 10.4 Å². The lowest BCUT2D eigenvalue weighted by molar-refractivity contribution is -0.370. The third-order valence-corrected chi connectivity index (χ3v) is 26.0. The molecule has 2 bridgehead atoms. The Morgan fingerprint density at radius 3 is 1.06 bits per heavy atom. The van der Waals surface area contributed by atoms with Crippen molar-refractivity contribution in [2.45, 2.75) is 210 Å². The van der Waals surface area contributed by atoms with E-state index >= 15 is 4.57 Å². The maximum Gasteiger partial charge on any atom is 0.475 e. The summed E-state index contributed by atoms with van der Waals surface area (Å²) in [4.78, 5) is 3.66. The first-order chi connectivity index (χ1) is 58.9.